The van der Waals surface area contributed by atoms with E-state index in [-0.39, 0.29) is 12.5 Å². The van der Waals surface area contributed by atoms with Crippen LogP contribution in [-0.4, -0.2) is 30.0 Å². The van der Waals surface area contributed by atoms with Crippen molar-refractivity contribution in [3.05, 3.63) is 33.4 Å². The number of halogens is 1. The van der Waals surface area contributed by atoms with Gasteiger partial charge in [0, 0.05) is 22.6 Å². The highest BCUT2D eigenvalue weighted by atomic mass is 127. The largest absolute Gasteiger partial charge is 0.444 e. The predicted molar refractivity (Wildman–Crippen MR) is 87.7 cm³/mol. The average Bonchev–Trinajstić information content (AvgIpc) is 2.34. The predicted octanol–water partition coefficient (Wildman–Crippen LogP) is 2.97. The molecule has 0 bridgehead atoms. The third-order valence-corrected chi connectivity index (χ3v) is 3.35. The van der Waals surface area contributed by atoms with E-state index < -0.39 is 11.7 Å². The van der Waals surface area contributed by atoms with Gasteiger partial charge in [0.25, 0.3) is 0 Å². The van der Waals surface area contributed by atoms with Gasteiger partial charge in [-0.2, -0.15) is 0 Å². The van der Waals surface area contributed by atoms with Crippen molar-refractivity contribution >= 4 is 28.7 Å². The molecule has 0 aromatic heterocycles. The zero-order valence-electron chi connectivity index (χ0n) is 12.1. The molecule has 20 heavy (non-hydrogen) atoms. The van der Waals surface area contributed by atoms with Crippen molar-refractivity contribution in [2.24, 2.45) is 5.92 Å². The molecule has 1 atom stereocenters. The highest BCUT2D eigenvalue weighted by Gasteiger charge is 2.17. The number of aliphatic hydroxyl groups excluding tert-OH is 1. The Labute approximate surface area is 134 Å². The monoisotopic (exact) mass is 391 g/mol. The van der Waals surface area contributed by atoms with E-state index in [1.54, 1.807) is 0 Å². The first-order chi connectivity index (χ1) is 9.30. The highest BCUT2D eigenvalue weighted by molar-refractivity contribution is 14.1. The summed E-state index contributed by atoms with van der Waals surface area (Å²) in [6, 6.07) is 8.15. The molecule has 0 aliphatic carbocycles. The summed E-state index contributed by atoms with van der Waals surface area (Å²) in [6.07, 6.45) is 0.280. The molecule has 0 saturated heterocycles. The molecule has 0 fully saturated rings. The number of carbonyl (C=O) groups is 1. The lowest BCUT2D eigenvalue weighted by molar-refractivity contribution is 0.0512. The van der Waals surface area contributed by atoms with Gasteiger partial charge >= 0.3 is 6.09 Å². The van der Waals surface area contributed by atoms with Gasteiger partial charge in [-0.3, -0.25) is 0 Å². The number of aliphatic hydroxyl groups is 1. The molecule has 112 valence electrons. The molecule has 2 N–H and O–H groups in total. The minimum absolute atomic E-state index is 0.0115. The molecule has 0 saturated carbocycles. The van der Waals surface area contributed by atoms with Gasteiger partial charge in [0.2, 0.25) is 0 Å². The van der Waals surface area contributed by atoms with Gasteiger partial charge in [0.15, 0.2) is 0 Å². The third kappa shape index (κ3) is 7.09. The number of hydrogen-bond acceptors (Lipinski definition) is 3. The Kier molecular flexibility index (Phi) is 6.75. The zero-order valence-corrected chi connectivity index (χ0v) is 14.3. The first-order valence-electron chi connectivity index (χ1n) is 6.62. The maximum Gasteiger partial charge on any atom is 0.407 e. The Bertz CT molecular complexity index is 426. The van der Waals surface area contributed by atoms with Crippen molar-refractivity contribution in [1.82, 2.24) is 5.32 Å². The summed E-state index contributed by atoms with van der Waals surface area (Å²) in [5.74, 6) is -0.0115. The van der Waals surface area contributed by atoms with Gasteiger partial charge in [-0.05, 0) is 67.5 Å². The first-order valence-corrected chi connectivity index (χ1v) is 7.70. The van der Waals surface area contributed by atoms with Gasteiger partial charge in [-0.1, -0.05) is 12.1 Å². The van der Waals surface area contributed by atoms with Crippen molar-refractivity contribution in [3.8, 4) is 0 Å². The fourth-order valence-corrected chi connectivity index (χ4v) is 2.06. The Morgan fingerprint density at radius 3 is 2.45 bits per heavy atom. The molecule has 1 rings (SSSR count). The molecule has 5 heteroatoms. The smallest absolute Gasteiger partial charge is 0.407 e. The van der Waals surface area contributed by atoms with Crippen molar-refractivity contribution in [2.45, 2.75) is 32.8 Å². The van der Waals surface area contributed by atoms with Crippen LogP contribution in [0.2, 0.25) is 0 Å². The maximum atomic E-state index is 11.6. The molecule has 0 radical (unpaired) electrons. The van der Waals surface area contributed by atoms with Crippen molar-refractivity contribution in [2.75, 3.05) is 13.2 Å². The number of alkyl carbamates (subject to hydrolysis) is 1. The molecule has 0 heterocycles. The summed E-state index contributed by atoms with van der Waals surface area (Å²) < 4.78 is 6.35. The summed E-state index contributed by atoms with van der Waals surface area (Å²) in [4.78, 5) is 11.6. The number of rotatable bonds is 5. The summed E-state index contributed by atoms with van der Waals surface area (Å²) in [5.41, 5.74) is 0.644. The summed E-state index contributed by atoms with van der Waals surface area (Å²) >= 11 is 2.25. The van der Waals surface area contributed by atoms with Crippen LogP contribution in [0.1, 0.15) is 26.3 Å². The van der Waals surface area contributed by atoms with Crippen molar-refractivity contribution in [3.63, 3.8) is 0 Å². The van der Waals surface area contributed by atoms with E-state index in [9.17, 15) is 9.90 Å². The van der Waals surface area contributed by atoms with E-state index >= 15 is 0 Å². The highest BCUT2D eigenvalue weighted by Crippen LogP contribution is 2.12. The average molecular weight is 391 g/mol. The number of amides is 1. The first kappa shape index (κ1) is 17.2. The number of nitrogens with one attached hydrogen (secondary N) is 1. The molecule has 0 spiro atoms. The number of carbonyl (C=O) groups excluding carboxylic acids is 1. The van der Waals surface area contributed by atoms with Gasteiger partial charge in [0.05, 0.1) is 0 Å². The van der Waals surface area contributed by atoms with Crippen LogP contribution in [0.4, 0.5) is 4.79 Å². The molecule has 4 nitrogen and oxygen atoms in total. The van der Waals surface area contributed by atoms with Crippen LogP contribution in [0.15, 0.2) is 24.3 Å². The van der Waals surface area contributed by atoms with Crippen LogP contribution in [0.3, 0.4) is 0 Å². The molecular formula is C15H22INO3. The van der Waals surface area contributed by atoms with Crippen LogP contribution in [0.5, 0.6) is 0 Å². The van der Waals surface area contributed by atoms with Crippen LogP contribution in [-0.2, 0) is 11.2 Å². The second-order valence-electron chi connectivity index (χ2n) is 5.76. The summed E-state index contributed by atoms with van der Waals surface area (Å²) in [5, 5.41) is 12.1. The number of ether oxygens (including phenoxy) is 1. The molecular weight excluding hydrogens is 369 g/mol. The van der Waals surface area contributed by atoms with E-state index in [4.69, 9.17) is 4.74 Å². The molecule has 1 unspecified atom stereocenters. The zero-order chi connectivity index (χ0) is 15.2. The molecule has 1 amide bonds. The quantitative estimate of drug-likeness (QED) is 0.759. The minimum Gasteiger partial charge on any atom is -0.444 e. The molecule has 1 aromatic carbocycles. The normalized spacial score (nSPS) is 12.8. The Morgan fingerprint density at radius 1 is 1.35 bits per heavy atom. The van der Waals surface area contributed by atoms with E-state index in [1.165, 1.54) is 3.57 Å². The number of hydrogen-bond donors (Lipinski definition) is 2. The maximum absolute atomic E-state index is 11.6. The Balaban J connectivity index is 2.43. The lowest BCUT2D eigenvalue weighted by Crippen LogP contribution is -2.36. The standard InChI is InChI=1S/C15H22INO3/c1-15(2,3)20-14(19)17-9-12(10-18)8-11-4-6-13(16)7-5-11/h4-7,12,18H,8-10H2,1-3H3,(H,17,19). The van der Waals surface area contributed by atoms with Gasteiger partial charge in [-0.25, -0.2) is 4.79 Å². The lowest BCUT2D eigenvalue weighted by Gasteiger charge is -2.21. The van der Waals surface area contributed by atoms with E-state index in [1.807, 2.05) is 45.0 Å². The minimum atomic E-state index is -0.505. The van der Waals surface area contributed by atoms with Crippen LogP contribution in [0.25, 0.3) is 0 Å². The second-order valence-corrected chi connectivity index (χ2v) is 7.01. The topological polar surface area (TPSA) is 58.6 Å². The molecule has 1 aromatic rings. The lowest BCUT2D eigenvalue weighted by atomic mass is 10.0. The molecule has 0 aliphatic rings. The third-order valence-electron chi connectivity index (χ3n) is 2.63. The van der Waals surface area contributed by atoms with Crippen LogP contribution < -0.4 is 5.32 Å². The molecule has 0 aliphatic heterocycles. The van der Waals surface area contributed by atoms with Crippen molar-refractivity contribution in [1.29, 1.82) is 0 Å². The second kappa shape index (κ2) is 7.83. The summed E-state index contributed by atoms with van der Waals surface area (Å²) in [7, 11) is 0. The van der Waals surface area contributed by atoms with Crippen LogP contribution in [0, 0.1) is 9.49 Å². The van der Waals surface area contributed by atoms with E-state index in [2.05, 4.69) is 27.9 Å². The number of benzene rings is 1. The van der Waals surface area contributed by atoms with Gasteiger partial charge in [0.1, 0.15) is 5.60 Å². The van der Waals surface area contributed by atoms with E-state index in [0.717, 1.165) is 12.0 Å². The summed E-state index contributed by atoms with van der Waals surface area (Å²) in [6.45, 7) is 5.89. The van der Waals surface area contributed by atoms with Crippen LogP contribution >= 0.6 is 22.6 Å². The fourth-order valence-electron chi connectivity index (χ4n) is 1.70. The van der Waals surface area contributed by atoms with Gasteiger partial charge < -0.3 is 15.2 Å². The van der Waals surface area contributed by atoms with Crippen molar-refractivity contribution < 1.29 is 14.6 Å². The van der Waals surface area contributed by atoms with E-state index in [0.29, 0.717) is 6.54 Å². The fraction of sp³-hybridized carbons (Fsp3) is 0.533. The SMILES string of the molecule is CC(C)(C)OC(=O)NCC(CO)Cc1ccc(I)cc1. The Morgan fingerprint density at radius 2 is 1.95 bits per heavy atom. The van der Waals surface area contributed by atoms with Gasteiger partial charge in [-0.15, -0.1) is 0 Å². The Hall–Kier alpha value is -0.820.